The smallest absolute Gasteiger partial charge is 0.333 e. The minimum atomic E-state index is -0.442. The Hall–Kier alpha value is -4.25. The third-order valence-corrected chi connectivity index (χ3v) is 4.78. The summed E-state index contributed by atoms with van der Waals surface area (Å²) in [5.41, 5.74) is 0.349. The van der Waals surface area contributed by atoms with Gasteiger partial charge in [-0.05, 0) is 31.2 Å². The van der Waals surface area contributed by atoms with E-state index in [9.17, 15) is 4.79 Å². The first kappa shape index (κ1) is 22.0. The molecule has 0 N–H and O–H groups in total. The summed E-state index contributed by atoms with van der Waals surface area (Å²) in [6, 6.07) is 28.6. The largest absolute Gasteiger partial charge is 0.489 e. The first-order valence-corrected chi connectivity index (χ1v) is 10.6. The van der Waals surface area contributed by atoms with Gasteiger partial charge in [0.25, 0.3) is 0 Å². The zero-order valence-electron chi connectivity index (χ0n) is 18.3. The molecule has 0 bridgehead atoms. The van der Waals surface area contributed by atoms with E-state index in [1.165, 1.54) is 0 Å². The molecule has 0 aliphatic rings. The minimum Gasteiger partial charge on any atom is -0.489 e. The molecule has 5 heteroatoms. The molecule has 0 radical (unpaired) electrons. The Bertz CT molecular complexity index is 1250. The maximum Gasteiger partial charge on any atom is 0.333 e. The van der Waals surface area contributed by atoms with E-state index < -0.39 is 5.97 Å². The molecule has 0 atom stereocenters. The fraction of sp³-hybridized carbons (Fsp3) is 0.107. The van der Waals surface area contributed by atoms with Crippen molar-refractivity contribution in [2.75, 3.05) is 13.2 Å². The first-order chi connectivity index (χ1) is 16.1. The van der Waals surface area contributed by atoms with Crippen LogP contribution in [0.3, 0.4) is 0 Å². The highest BCUT2D eigenvalue weighted by atomic mass is 16.6. The van der Waals surface area contributed by atoms with E-state index in [0.717, 1.165) is 10.8 Å². The molecule has 0 aliphatic heterocycles. The quantitative estimate of drug-likeness (QED) is 0.161. The van der Waals surface area contributed by atoms with E-state index in [1.54, 1.807) is 13.0 Å². The van der Waals surface area contributed by atoms with Gasteiger partial charge in [-0.2, -0.15) is 0 Å². The van der Waals surface area contributed by atoms with Crippen LogP contribution in [0.15, 0.2) is 103 Å². The Morgan fingerprint density at radius 2 is 1.30 bits per heavy atom. The molecule has 0 unspecified atom stereocenters. The van der Waals surface area contributed by atoms with Crippen LogP contribution in [-0.2, 0) is 9.53 Å². The second-order valence-electron chi connectivity index (χ2n) is 7.34. The predicted molar refractivity (Wildman–Crippen MR) is 128 cm³/mol. The Balaban J connectivity index is 1.70. The van der Waals surface area contributed by atoms with Gasteiger partial charge in [0.2, 0.25) is 0 Å². The van der Waals surface area contributed by atoms with E-state index in [2.05, 4.69) is 6.58 Å². The Kier molecular flexibility index (Phi) is 6.90. The highest BCUT2D eigenvalue weighted by Gasteiger charge is 2.17. The van der Waals surface area contributed by atoms with Gasteiger partial charge in [0, 0.05) is 22.4 Å². The summed E-state index contributed by atoms with van der Waals surface area (Å²) in [5, 5.41) is 1.69. The SMILES string of the molecule is C=C(C)C(=O)OCCOc1cc(Oc2ccccc2)c(Oc2ccccc2)c2ccccc12. The number of rotatable bonds is 9. The molecule has 33 heavy (non-hydrogen) atoms. The minimum absolute atomic E-state index is 0.108. The monoisotopic (exact) mass is 440 g/mol. The molecule has 0 amide bonds. The van der Waals surface area contributed by atoms with Crippen LogP contribution in [0.5, 0.6) is 28.7 Å². The first-order valence-electron chi connectivity index (χ1n) is 10.6. The number of carbonyl (C=O) groups is 1. The summed E-state index contributed by atoms with van der Waals surface area (Å²) in [6.45, 7) is 5.48. The molecular weight excluding hydrogens is 416 g/mol. The van der Waals surface area contributed by atoms with Crippen molar-refractivity contribution in [3.05, 3.63) is 103 Å². The van der Waals surface area contributed by atoms with Crippen molar-refractivity contribution in [2.45, 2.75) is 6.92 Å². The predicted octanol–water partition coefficient (Wildman–Crippen LogP) is 6.92. The second kappa shape index (κ2) is 10.4. The molecule has 4 rings (SSSR count). The highest BCUT2D eigenvalue weighted by Crippen LogP contribution is 2.45. The number of carbonyl (C=O) groups excluding carboxylic acids is 1. The third-order valence-electron chi connectivity index (χ3n) is 4.78. The number of benzene rings is 4. The highest BCUT2D eigenvalue weighted by molar-refractivity contribution is 5.96. The van der Waals surface area contributed by atoms with E-state index in [-0.39, 0.29) is 13.2 Å². The number of fused-ring (bicyclic) bond motifs is 1. The molecule has 0 aliphatic carbocycles. The number of para-hydroxylation sites is 2. The molecule has 4 aromatic carbocycles. The number of hydrogen-bond donors (Lipinski definition) is 0. The number of hydrogen-bond acceptors (Lipinski definition) is 5. The topological polar surface area (TPSA) is 54.0 Å². The summed E-state index contributed by atoms with van der Waals surface area (Å²) in [4.78, 5) is 11.6. The van der Waals surface area contributed by atoms with Crippen molar-refractivity contribution < 1.29 is 23.7 Å². The molecule has 0 saturated carbocycles. The van der Waals surface area contributed by atoms with Crippen LogP contribution in [0.2, 0.25) is 0 Å². The maximum atomic E-state index is 11.6. The normalized spacial score (nSPS) is 10.5. The van der Waals surface area contributed by atoms with Crippen molar-refractivity contribution in [3.63, 3.8) is 0 Å². The van der Waals surface area contributed by atoms with E-state index in [0.29, 0.717) is 34.3 Å². The summed E-state index contributed by atoms with van der Waals surface area (Å²) in [5.74, 6) is 2.62. The Labute approximate surface area is 192 Å². The number of ether oxygens (including phenoxy) is 4. The van der Waals surface area contributed by atoms with Gasteiger partial charge >= 0.3 is 5.97 Å². The van der Waals surface area contributed by atoms with Crippen LogP contribution in [0.4, 0.5) is 0 Å². The van der Waals surface area contributed by atoms with Crippen LogP contribution >= 0.6 is 0 Å². The van der Waals surface area contributed by atoms with Crippen molar-refractivity contribution >= 4 is 16.7 Å². The average Bonchev–Trinajstić information content (AvgIpc) is 2.84. The molecule has 0 fully saturated rings. The molecular formula is C28H24O5. The lowest BCUT2D eigenvalue weighted by Crippen LogP contribution is -2.12. The van der Waals surface area contributed by atoms with Gasteiger partial charge < -0.3 is 18.9 Å². The summed E-state index contributed by atoms with van der Waals surface area (Å²) in [6.07, 6.45) is 0. The van der Waals surface area contributed by atoms with Crippen molar-refractivity contribution in [1.82, 2.24) is 0 Å². The lowest BCUT2D eigenvalue weighted by molar-refractivity contribution is -0.139. The van der Waals surface area contributed by atoms with Gasteiger partial charge in [-0.15, -0.1) is 0 Å². The van der Waals surface area contributed by atoms with Gasteiger partial charge in [0.15, 0.2) is 11.5 Å². The van der Waals surface area contributed by atoms with Gasteiger partial charge in [-0.3, -0.25) is 0 Å². The molecule has 0 aromatic heterocycles. The molecule has 4 aromatic rings. The Morgan fingerprint density at radius 3 is 1.94 bits per heavy atom. The van der Waals surface area contributed by atoms with E-state index >= 15 is 0 Å². The molecule has 166 valence electrons. The fourth-order valence-electron chi connectivity index (χ4n) is 3.22. The molecule has 0 heterocycles. The average molecular weight is 440 g/mol. The van der Waals surface area contributed by atoms with Crippen molar-refractivity contribution in [3.8, 4) is 28.7 Å². The van der Waals surface area contributed by atoms with Crippen LogP contribution < -0.4 is 14.2 Å². The van der Waals surface area contributed by atoms with E-state index in [4.69, 9.17) is 18.9 Å². The van der Waals surface area contributed by atoms with Crippen LogP contribution in [-0.4, -0.2) is 19.2 Å². The van der Waals surface area contributed by atoms with Gasteiger partial charge in [0.05, 0.1) is 0 Å². The Morgan fingerprint density at radius 1 is 0.727 bits per heavy atom. The molecule has 0 spiro atoms. The lowest BCUT2D eigenvalue weighted by Gasteiger charge is -2.18. The summed E-state index contributed by atoms with van der Waals surface area (Å²) in [7, 11) is 0. The number of esters is 1. The van der Waals surface area contributed by atoms with Crippen LogP contribution in [0.1, 0.15) is 6.92 Å². The van der Waals surface area contributed by atoms with Crippen molar-refractivity contribution in [2.24, 2.45) is 0 Å². The van der Waals surface area contributed by atoms with Gasteiger partial charge in [-0.1, -0.05) is 67.2 Å². The van der Waals surface area contributed by atoms with Crippen LogP contribution in [0, 0.1) is 0 Å². The standard InChI is InChI=1S/C28H24O5/c1-20(2)28(29)31-18-17-30-25-19-26(32-21-11-5-3-6-12-21)27(24-16-10-9-15-23(24)25)33-22-13-7-4-8-14-22/h3-16,19H,1,17-18H2,2H3. The summed E-state index contributed by atoms with van der Waals surface area (Å²) >= 11 is 0. The zero-order chi connectivity index (χ0) is 23.0. The zero-order valence-corrected chi connectivity index (χ0v) is 18.3. The lowest BCUT2D eigenvalue weighted by atomic mass is 10.1. The molecule has 5 nitrogen and oxygen atoms in total. The maximum absolute atomic E-state index is 11.6. The molecule has 0 saturated heterocycles. The fourth-order valence-corrected chi connectivity index (χ4v) is 3.22. The van der Waals surface area contributed by atoms with E-state index in [1.807, 2.05) is 84.9 Å². The van der Waals surface area contributed by atoms with Gasteiger partial charge in [0.1, 0.15) is 30.5 Å². The third kappa shape index (κ3) is 5.52. The second-order valence-corrected chi connectivity index (χ2v) is 7.34. The van der Waals surface area contributed by atoms with Gasteiger partial charge in [-0.25, -0.2) is 4.79 Å². The summed E-state index contributed by atoms with van der Waals surface area (Å²) < 4.78 is 23.6. The van der Waals surface area contributed by atoms with Crippen molar-refractivity contribution in [1.29, 1.82) is 0 Å². The van der Waals surface area contributed by atoms with Crippen LogP contribution in [0.25, 0.3) is 10.8 Å².